The molecule has 1 aromatic rings. The molecule has 0 spiro atoms. The van der Waals surface area contributed by atoms with Crippen LogP contribution in [0.5, 0.6) is 5.75 Å². The molecule has 2 nitrogen and oxygen atoms in total. The molecule has 0 aromatic heterocycles. The average Bonchev–Trinajstić information content (AvgIpc) is 2.12. The molecular weight excluding hydrogens is 216 g/mol. The van der Waals surface area contributed by atoms with Crippen LogP contribution in [0.15, 0.2) is 18.2 Å². The summed E-state index contributed by atoms with van der Waals surface area (Å²) in [7, 11) is 0. The van der Waals surface area contributed by atoms with Crippen molar-refractivity contribution in [1.82, 2.24) is 0 Å². The number of carbonyl (C=O) groups is 1. The van der Waals surface area contributed by atoms with Gasteiger partial charge in [-0.05, 0) is 12.1 Å². The Balaban J connectivity index is 3.08. The number of rotatable bonds is 3. The molecule has 82 valence electrons. The molecule has 0 radical (unpaired) electrons. The maximum absolute atomic E-state index is 12.6. The van der Waals surface area contributed by atoms with Gasteiger partial charge in [-0.15, -0.1) is 0 Å². The average molecular weight is 222 g/mol. The predicted octanol–water partition coefficient (Wildman–Crippen LogP) is 2.42. The normalized spacial score (nSPS) is 11.2. The summed E-state index contributed by atoms with van der Waals surface area (Å²) >= 11 is 0. The highest BCUT2D eigenvalue weighted by Gasteiger charge is 2.34. The van der Waals surface area contributed by atoms with Crippen LogP contribution in [0.3, 0.4) is 0 Å². The topological polar surface area (TPSA) is 26.3 Å². The maximum Gasteiger partial charge on any atom is 0.419 e. The van der Waals surface area contributed by atoms with Gasteiger partial charge < -0.3 is 4.74 Å². The van der Waals surface area contributed by atoms with Crippen molar-refractivity contribution in [2.24, 2.45) is 0 Å². The van der Waals surface area contributed by atoms with Crippen LogP contribution in [0.1, 0.15) is 5.56 Å². The Morgan fingerprint density at radius 3 is 2.53 bits per heavy atom. The second-order valence-corrected chi connectivity index (χ2v) is 2.62. The minimum Gasteiger partial charge on any atom is -0.485 e. The van der Waals surface area contributed by atoms with Crippen LogP contribution in [-0.2, 0) is 11.0 Å². The van der Waals surface area contributed by atoms with Gasteiger partial charge in [0.1, 0.15) is 18.2 Å². The lowest BCUT2D eigenvalue weighted by Crippen LogP contribution is -2.10. The van der Waals surface area contributed by atoms with Crippen molar-refractivity contribution in [3.05, 3.63) is 29.6 Å². The van der Waals surface area contributed by atoms with Crippen LogP contribution in [0.2, 0.25) is 0 Å². The number of aldehydes is 1. The van der Waals surface area contributed by atoms with Gasteiger partial charge in [-0.25, -0.2) is 4.39 Å². The number of hydrogen-bond acceptors (Lipinski definition) is 2. The summed E-state index contributed by atoms with van der Waals surface area (Å²) in [6.07, 6.45) is -4.35. The smallest absolute Gasteiger partial charge is 0.419 e. The quantitative estimate of drug-likeness (QED) is 0.579. The van der Waals surface area contributed by atoms with E-state index in [4.69, 9.17) is 0 Å². The van der Waals surface area contributed by atoms with Gasteiger partial charge in [0.15, 0.2) is 6.29 Å². The van der Waals surface area contributed by atoms with E-state index >= 15 is 0 Å². The van der Waals surface area contributed by atoms with Crippen LogP contribution in [0.4, 0.5) is 17.6 Å². The largest absolute Gasteiger partial charge is 0.485 e. The van der Waals surface area contributed by atoms with E-state index in [9.17, 15) is 22.4 Å². The highest BCUT2D eigenvalue weighted by molar-refractivity contribution is 5.52. The van der Waals surface area contributed by atoms with Crippen molar-refractivity contribution in [3.8, 4) is 5.75 Å². The van der Waals surface area contributed by atoms with Crippen LogP contribution < -0.4 is 4.74 Å². The number of benzene rings is 1. The van der Waals surface area contributed by atoms with E-state index in [-0.39, 0.29) is 6.29 Å². The third kappa shape index (κ3) is 2.93. The molecule has 0 saturated carbocycles. The summed E-state index contributed by atoms with van der Waals surface area (Å²) < 4.78 is 54.0. The molecule has 6 heteroatoms. The van der Waals surface area contributed by atoms with Gasteiger partial charge in [-0.2, -0.15) is 13.2 Å². The van der Waals surface area contributed by atoms with Crippen molar-refractivity contribution in [3.63, 3.8) is 0 Å². The van der Waals surface area contributed by atoms with Gasteiger partial charge >= 0.3 is 6.18 Å². The standard InChI is InChI=1S/C9H6F4O2/c10-6-1-2-7(9(11,12)13)8(5-6)15-4-3-14/h1-3,5H,4H2. The van der Waals surface area contributed by atoms with Gasteiger partial charge in [0.25, 0.3) is 0 Å². The lowest BCUT2D eigenvalue weighted by molar-refractivity contribution is -0.139. The molecule has 0 atom stereocenters. The first-order chi connectivity index (χ1) is 6.95. The first-order valence-electron chi connectivity index (χ1n) is 3.88. The minimum absolute atomic E-state index is 0.283. The Kier molecular flexibility index (Phi) is 3.28. The minimum atomic E-state index is -4.63. The van der Waals surface area contributed by atoms with Crippen LogP contribution in [-0.4, -0.2) is 12.9 Å². The third-order valence-electron chi connectivity index (χ3n) is 1.56. The zero-order chi connectivity index (χ0) is 11.5. The summed E-state index contributed by atoms with van der Waals surface area (Å²) in [6, 6.07) is 1.83. The van der Waals surface area contributed by atoms with Gasteiger partial charge in [0.2, 0.25) is 0 Å². The Bertz CT molecular complexity index is 360. The van der Waals surface area contributed by atoms with E-state index in [2.05, 4.69) is 4.74 Å². The summed E-state index contributed by atoms with van der Waals surface area (Å²) in [5.74, 6) is -1.54. The SMILES string of the molecule is O=CCOc1cc(F)ccc1C(F)(F)F. The second-order valence-electron chi connectivity index (χ2n) is 2.62. The Morgan fingerprint density at radius 2 is 2.00 bits per heavy atom. The predicted molar refractivity (Wildman–Crippen MR) is 43.0 cm³/mol. The molecular formula is C9H6F4O2. The monoisotopic (exact) mass is 222 g/mol. The molecule has 0 aliphatic rings. The Morgan fingerprint density at radius 1 is 1.33 bits per heavy atom. The molecule has 0 fully saturated rings. The number of carbonyl (C=O) groups excluding carboxylic acids is 1. The Labute approximate surface area is 82.5 Å². The van der Waals surface area contributed by atoms with E-state index in [0.717, 1.165) is 0 Å². The van der Waals surface area contributed by atoms with Gasteiger partial charge in [0.05, 0.1) is 5.56 Å². The maximum atomic E-state index is 12.6. The molecule has 0 aliphatic heterocycles. The van der Waals surface area contributed by atoms with Gasteiger partial charge in [-0.1, -0.05) is 0 Å². The molecule has 0 aliphatic carbocycles. The zero-order valence-electron chi connectivity index (χ0n) is 7.34. The second kappa shape index (κ2) is 4.29. The molecule has 1 aromatic carbocycles. The summed E-state index contributed by atoms with van der Waals surface area (Å²) in [5.41, 5.74) is -1.11. The zero-order valence-corrected chi connectivity index (χ0v) is 7.34. The fourth-order valence-corrected chi connectivity index (χ4v) is 0.974. The third-order valence-corrected chi connectivity index (χ3v) is 1.56. The van der Waals surface area contributed by atoms with Crippen molar-refractivity contribution >= 4 is 6.29 Å². The van der Waals surface area contributed by atoms with Crippen LogP contribution >= 0.6 is 0 Å². The summed E-state index contributed by atoms with van der Waals surface area (Å²) in [4.78, 5) is 9.92. The first-order valence-corrected chi connectivity index (χ1v) is 3.88. The fraction of sp³-hybridized carbons (Fsp3) is 0.222. The van der Waals surface area contributed by atoms with Crippen molar-refractivity contribution in [1.29, 1.82) is 0 Å². The lowest BCUT2D eigenvalue weighted by atomic mass is 10.2. The van der Waals surface area contributed by atoms with Gasteiger partial charge in [-0.3, -0.25) is 4.79 Å². The molecule has 0 bridgehead atoms. The van der Waals surface area contributed by atoms with E-state index < -0.39 is 29.9 Å². The number of halogens is 4. The van der Waals surface area contributed by atoms with E-state index in [0.29, 0.717) is 18.2 Å². The van der Waals surface area contributed by atoms with Crippen LogP contribution in [0, 0.1) is 5.82 Å². The van der Waals surface area contributed by atoms with E-state index in [1.807, 2.05) is 0 Å². The van der Waals surface area contributed by atoms with E-state index in [1.54, 1.807) is 0 Å². The molecule has 0 amide bonds. The molecule has 0 heterocycles. The Hall–Kier alpha value is -1.59. The molecule has 15 heavy (non-hydrogen) atoms. The molecule has 0 saturated heterocycles. The first kappa shape index (κ1) is 11.5. The number of alkyl halides is 3. The number of ether oxygens (including phenoxy) is 1. The fourth-order valence-electron chi connectivity index (χ4n) is 0.974. The summed E-state index contributed by atoms with van der Waals surface area (Å²) in [6.45, 7) is -0.549. The van der Waals surface area contributed by atoms with Crippen molar-refractivity contribution in [2.45, 2.75) is 6.18 Å². The molecule has 0 N–H and O–H groups in total. The van der Waals surface area contributed by atoms with E-state index in [1.165, 1.54) is 0 Å². The van der Waals surface area contributed by atoms with Crippen LogP contribution in [0.25, 0.3) is 0 Å². The highest BCUT2D eigenvalue weighted by atomic mass is 19.4. The van der Waals surface area contributed by atoms with Crippen molar-refractivity contribution in [2.75, 3.05) is 6.61 Å². The summed E-state index contributed by atoms with van der Waals surface area (Å²) in [5, 5.41) is 0. The lowest BCUT2D eigenvalue weighted by Gasteiger charge is -2.12. The molecule has 0 unspecified atom stereocenters. The highest BCUT2D eigenvalue weighted by Crippen LogP contribution is 2.36. The molecule has 1 rings (SSSR count). The van der Waals surface area contributed by atoms with Gasteiger partial charge in [0, 0.05) is 6.07 Å². The number of hydrogen-bond donors (Lipinski definition) is 0. The van der Waals surface area contributed by atoms with Crippen molar-refractivity contribution < 1.29 is 27.1 Å².